The van der Waals surface area contributed by atoms with Gasteiger partial charge in [-0.25, -0.2) is 0 Å². The summed E-state index contributed by atoms with van der Waals surface area (Å²) in [5.74, 6) is 0. The van der Waals surface area contributed by atoms with Gasteiger partial charge in [-0.15, -0.1) is 0 Å². The van der Waals surface area contributed by atoms with Crippen LogP contribution in [-0.2, 0) is 9.47 Å². The van der Waals surface area contributed by atoms with E-state index in [1.54, 1.807) is 0 Å². The van der Waals surface area contributed by atoms with Gasteiger partial charge >= 0.3 is 0 Å². The number of hydrogen-bond acceptors (Lipinski definition) is 9. The molecular formula is C13H28N4O5. The van der Waals surface area contributed by atoms with E-state index in [9.17, 15) is 15.3 Å². The number of aliphatic hydroxyl groups excluding tert-OH is 3. The van der Waals surface area contributed by atoms with Crippen molar-refractivity contribution in [1.82, 2.24) is 5.32 Å². The van der Waals surface area contributed by atoms with Crippen molar-refractivity contribution in [1.29, 1.82) is 0 Å². The van der Waals surface area contributed by atoms with Gasteiger partial charge in [-0.05, 0) is 19.4 Å². The van der Waals surface area contributed by atoms with Gasteiger partial charge < -0.3 is 47.3 Å². The van der Waals surface area contributed by atoms with Crippen LogP contribution < -0.4 is 22.5 Å². The average Bonchev–Trinajstić information content (AvgIpc) is 2.69. The summed E-state index contributed by atoms with van der Waals surface area (Å²) < 4.78 is 11.4. The summed E-state index contributed by atoms with van der Waals surface area (Å²) in [6, 6.07) is -1.23. The van der Waals surface area contributed by atoms with Gasteiger partial charge in [-0.2, -0.15) is 0 Å². The summed E-state index contributed by atoms with van der Waals surface area (Å²) in [6.07, 6.45) is -3.04. The largest absolute Gasteiger partial charge is 0.395 e. The van der Waals surface area contributed by atoms with Crippen molar-refractivity contribution in [2.45, 2.75) is 61.7 Å². The average molecular weight is 320 g/mol. The maximum absolute atomic E-state index is 9.98. The van der Waals surface area contributed by atoms with E-state index in [1.807, 2.05) is 0 Å². The molecule has 22 heavy (non-hydrogen) atoms. The lowest BCUT2D eigenvalue weighted by Gasteiger charge is -2.42. The highest BCUT2D eigenvalue weighted by atomic mass is 16.7. The van der Waals surface area contributed by atoms with E-state index in [2.05, 4.69) is 5.32 Å². The quantitative estimate of drug-likeness (QED) is 0.274. The first-order valence-corrected chi connectivity index (χ1v) is 7.70. The van der Waals surface area contributed by atoms with Crippen molar-refractivity contribution in [2.75, 3.05) is 19.7 Å². The van der Waals surface area contributed by atoms with Crippen molar-refractivity contribution >= 4 is 0 Å². The molecule has 0 amide bonds. The maximum Gasteiger partial charge on any atom is 0.176 e. The van der Waals surface area contributed by atoms with Crippen LogP contribution in [0.1, 0.15) is 12.8 Å². The van der Waals surface area contributed by atoms with Crippen LogP contribution in [0.3, 0.4) is 0 Å². The molecule has 0 aliphatic carbocycles. The van der Waals surface area contributed by atoms with Gasteiger partial charge in [0.1, 0.15) is 18.3 Å². The number of hydrogen-bond donors (Lipinski definition) is 7. The molecule has 2 rings (SSSR count). The number of rotatable bonds is 4. The second kappa shape index (κ2) is 7.95. The summed E-state index contributed by atoms with van der Waals surface area (Å²) in [5, 5.41) is 32.2. The standard InChI is InChI=1S/C13H28N4O5/c14-4-9-11(19)12(20)10(16)13(22-9)21-8-1-2-17-6(5-18)3-7(8)15/h6-13,17-20H,1-5,14-16H2/t6-,7-,8-,9+,10+,11+,12+,13-/m0/s1. The molecule has 0 saturated carbocycles. The molecule has 0 aromatic carbocycles. The molecule has 9 heteroatoms. The SMILES string of the molecule is NC[C@H]1O[C@H](O[C@H]2CCN[C@H](CO)C[C@@H]2N)[C@H](N)[C@@H](O)[C@@H]1O. The zero-order chi connectivity index (χ0) is 16.3. The molecule has 2 heterocycles. The molecule has 0 aromatic heterocycles. The fourth-order valence-corrected chi connectivity index (χ4v) is 2.96. The molecule has 2 saturated heterocycles. The Kier molecular flexibility index (Phi) is 6.50. The minimum absolute atomic E-state index is 0.0139. The van der Waals surface area contributed by atoms with Gasteiger partial charge in [-0.1, -0.05) is 0 Å². The smallest absolute Gasteiger partial charge is 0.176 e. The van der Waals surface area contributed by atoms with Crippen LogP contribution in [0.25, 0.3) is 0 Å². The molecule has 0 radical (unpaired) electrons. The van der Waals surface area contributed by atoms with Gasteiger partial charge in [-0.3, -0.25) is 0 Å². The third kappa shape index (κ3) is 3.94. The highest BCUT2D eigenvalue weighted by molar-refractivity contribution is 4.93. The fourth-order valence-electron chi connectivity index (χ4n) is 2.96. The summed E-state index contributed by atoms with van der Waals surface area (Å²) in [5.41, 5.74) is 17.5. The molecule has 2 aliphatic heterocycles. The Balaban J connectivity index is 1.99. The summed E-state index contributed by atoms with van der Waals surface area (Å²) in [6.45, 7) is 0.715. The lowest BCUT2D eigenvalue weighted by molar-refractivity contribution is -0.272. The predicted octanol–water partition coefficient (Wildman–Crippen LogP) is -3.82. The van der Waals surface area contributed by atoms with E-state index in [0.29, 0.717) is 19.4 Å². The van der Waals surface area contributed by atoms with Crippen LogP contribution in [0.5, 0.6) is 0 Å². The van der Waals surface area contributed by atoms with Crippen molar-refractivity contribution in [2.24, 2.45) is 17.2 Å². The minimum Gasteiger partial charge on any atom is -0.395 e. The molecule has 0 aromatic rings. The minimum atomic E-state index is -1.17. The topological polar surface area (TPSA) is 169 Å². The van der Waals surface area contributed by atoms with Crippen molar-refractivity contribution in [3.8, 4) is 0 Å². The molecule has 10 N–H and O–H groups in total. The van der Waals surface area contributed by atoms with Crippen LogP contribution in [0.15, 0.2) is 0 Å². The van der Waals surface area contributed by atoms with Gasteiger partial charge in [0.2, 0.25) is 0 Å². The zero-order valence-corrected chi connectivity index (χ0v) is 12.5. The monoisotopic (exact) mass is 320 g/mol. The Morgan fingerprint density at radius 3 is 2.59 bits per heavy atom. The Labute approximate surface area is 129 Å². The molecule has 8 atom stereocenters. The van der Waals surface area contributed by atoms with Crippen LogP contribution in [0.4, 0.5) is 0 Å². The number of nitrogens with one attached hydrogen (secondary N) is 1. The fraction of sp³-hybridized carbons (Fsp3) is 1.00. The maximum atomic E-state index is 9.98. The van der Waals surface area contributed by atoms with Crippen molar-refractivity contribution in [3.05, 3.63) is 0 Å². The molecular weight excluding hydrogens is 292 g/mol. The lowest BCUT2D eigenvalue weighted by Crippen LogP contribution is -2.64. The van der Waals surface area contributed by atoms with E-state index in [1.165, 1.54) is 0 Å². The van der Waals surface area contributed by atoms with E-state index >= 15 is 0 Å². The van der Waals surface area contributed by atoms with E-state index < -0.39 is 30.6 Å². The third-order valence-corrected chi connectivity index (χ3v) is 4.41. The highest BCUT2D eigenvalue weighted by Crippen LogP contribution is 2.23. The molecule has 0 unspecified atom stereocenters. The summed E-state index contributed by atoms with van der Waals surface area (Å²) >= 11 is 0. The second-order valence-corrected chi connectivity index (χ2v) is 6.03. The Morgan fingerprint density at radius 2 is 1.95 bits per heavy atom. The first-order chi connectivity index (χ1) is 10.5. The summed E-state index contributed by atoms with van der Waals surface area (Å²) in [4.78, 5) is 0. The molecule has 9 nitrogen and oxygen atoms in total. The van der Waals surface area contributed by atoms with Crippen LogP contribution in [0.2, 0.25) is 0 Å². The third-order valence-electron chi connectivity index (χ3n) is 4.41. The number of ether oxygens (including phenoxy) is 2. The Bertz CT molecular complexity index is 348. The molecule has 130 valence electrons. The zero-order valence-electron chi connectivity index (χ0n) is 12.5. The van der Waals surface area contributed by atoms with Crippen molar-refractivity contribution < 1.29 is 24.8 Å². The second-order valence-electron chi connectivity index (χ2n) is 6.03. The summed E-state index contributed by atoms with van der Waals surface area (Å²) in [7, 11) is 0. The van der Waals surface area contributed by atoms with Gasteiger partial charge in [0, 0.05) is 18.6 Å². The molecule has 2 aliphatic rings. The Hall–Kier alpha value is -0.360. The number of nitrogens with two attached hydrogens (primary N) is 3. The van der Waals surface area contributed by atoms with Crippen LogP contribution >= 0.6 is 0 Å². The predicted molar refractivity (Wildman–Crippen MR) is 78.7 cm³/mol. The van der Waals surface area contributed by atoms with Crippen LogP contribution in [0, 0.1) is 0 Å². The first kappa shape index (κ1) is 18.0. The normalized spacial score (nSPS) is 47.2. The van der Waals surface area contributed by atoms with Crippen LogP contribution in [-0.4, -0.2) is 83.8 Å². The first-order valence-electron chi connectivity index (χ1n) is 7.70. The lowest BCUT2D eigenvalue weighted by atomic mass is 9.97. The van der Waals surface area contributed by atoms with E-state index in [-0.39, 0.29) is 31.3 Å². The number of aliphatic hydroxyl groups is 3. The Morgan fingerprint density at radius 1 is 1.23 bits per heavy atom. The van der Waals surface area contributed by atoms with E-state index in [0.717, 1.165) is 0 Å². The van der Waals surface area contributed by atoms with Gasteiger partial charge in [0.25, 0.3) is 0 Å². The molecule has 0 spiro atoms. The van der Waals surface area contributed by atoms with Gasteiger partial charge in [0.15, 0.2) is 6.29 Å². The van der Waals surface area contributed by atoms with Gasteiger partial charge in [0.05, 0.1) is 18.8 Å². The van der Waals surface area contributed by atoms with E-state index in [4.69, 9.17) is 26.7 Å². The van der Waals surface area contributed by atoms with Crippen molar-refractivity contribution in [3.63, 3.8) is 0 Å². The highest BCUT2D eigenvalue weighted by Gasteiger charge is 2.44. The molecule has 2 fully saturated rings. The molecule has 0 bridgehead atoms.